The molecule has 2 aromatic carbocycles. The van der Waals surface area contributed by atoms with E-state index in [0.29, 0.717) is 6.61 Å². The molecule has 0 spiro atoms. The van der Waals surface area contributed by atoms with Crippen molar-refractivity contribution in [1.82, 2.24) is 5.32 Å². The van der Waals surface area contributed by atoms with Crippen LogP contribution in [-0.2, 0) is 0 Å². The molecule has 2 rings (SSSR count). The maximum atomic E-state index is 5.79. The van der Waals surface area contributed by atoms with Gasteiger partial charge >= 0.3 is 0 Å². The van der Waals surface area contributed by atoms with Crippen LogP contribution >= 0.6 is 0 Å². The molecular weight excluding hydrogens is 238 g/mol. The van der Waals surface area contributed by atoms with Crippen LogP contribution in [-0.4, -0.2) is 20.8 Å². The summed E-state index contributed by atoms with van der Waals surface area (Å²) in [6, 6.07) is 17.9. The Labute approximate surface area is 114 Å². The summed E-state index contributed by atoms with van der Waals surface area (Å²) in [5.74, 6) is 1.75. The Morgan fingerprint density at radius 3 is 2.37 bits per heavy atom. The number of para-hydroxylation sites is 2. The van der Waals surface area contributed by atoms with Crippen molar-refractivity contribution >= 4 is 0 Å². The Bertz CT molecular complexity index is 499. The van der Waals surface area contributed by atoms with E-state index in [0.717, 1.165) is 17.1 Å². The molecule has 3 heteroatoms. The normalized spacial score (nSPS) is 11.9. The van der Waals surface area contributed by atoms with Gasteiger partial charge in [0, 0.05) is 5.56 Å². The van der Waals surface area contributed by atoms with Crippen LogP contribution < -0.4 is 14.8 Å². The molecule has 3 nitrogen and oxygen atoms in total. The first kappa shape index (κ1) is 13.4. The van der Waals surface area contributed by atoms with Crippen molar-refractivity contribution < 1.29 is 9.47 Å². The van der Waals surface area contributed by atoms with E-state index in [1.54, 1.807) is 7.11 Å². The van der Waals surface area contributed by atoms with Crippen LogP contribution in [0.3, 0.4) is 0 Å². The van der Waals surface area contributed by atoms with E-state index >= 15 is 0 Å². The van der Waals surface area contributed by atoms with Crippen LogP contribution in [0.4, 0.5) is 0 Å². The van der Waals surface area contributed by atoms with E-state index < -0.39 is 0 Å². The minimum atomic E-state index is 0.0938. The average Bonchev–Trinajstić information content (AvgIpc) is 2.49. The highest BCUT2D eigenvalue weighted by molar-refractivity contribution is 5.36. The van der Waals surface area contributed by atoms with Crippen LogP contribution in [0, 0.1) is 0 Å². The Balaban J connectivity index is 2.08. The van der Waals surface area contributed by atoms with Crippen molar-refractivity contribution in [2.75, 3.05) is 20.8 Å². The number of hydrogen-bond donors (Lipinski definition) is 1. The van der Waals surface area contributed by atoms with Crippen molar-refractivity contribution in [2.24, 2.45) is 0 Å². The van der Waals surface area contributed by atoms with Crippen molar-refractivity contribution in [2.45, 2.75) is 6.04 Å². The van der Waals surface area contributed by atoms with E-state index in [2.05, 4.69) is 5.32 Å². The van der Waals surface area contributed by atoms with Gasteiger partial charge in [0.2, 0.25) is 0 Å². The number of likely N-dealkylation sites (N-methyl/N-ethyl adjacent to an activating group) is 1. The fourth-order valence-corrected chi connectivity index (χ4v) is 1.98. The summed E-state index contributed by atoms with van der Waals surface area (Å²) in [7, 11) is 3.61. The molecule has 1 atom stereocenters. The molecule has 1 unspecified atom stereocenters. The molecule has 0 aliphatic carbocycles. The van der Waals surface area contributed by atoms with Gasteiger partial charge in [-0.2, -0.15) is 0 Å². The number of methoxy groups -OCH3 is 1. The topological polar surface area (TPSA) is 30.5 Å². The molecule has 0 saturated heterocycles. The maximum absolute atomic E-state index is 5.79. The van der Waals surface area contributed by atoms with E-state index in [9.17, 15) is 0 Å². The summed E-state index contributed by atoms with van der Waals surface area (Å²) >= 11 is 0. The predicted molar refractivity (Wildman–Crippen MR) is 76.7 cm³/mol. The Morgan fingerprint density at radius 2 is 1.68 bits per heavy atom. The van der Waals surface area contributed by atoms with Crippen molar-refractivity contribution in [3.05, 3.63) is 60.2 Å². The van der Waals surface area contributed by atoms with Gasteiger partial charge in [0.05, 0.1) is 13.2 Å². The molecule has 19 heavy (non-hydrogen) atoms. The zero-order chi connectivity index (χ0) is 13.5. The van der Waals surface area contributed by atoms with Gasteiger partial charge in [-0.1, -0.05) is 36.4 Å². The third-order valence-electron chi connectivity index (χ3n) is 3.02. The minimum absolute atomic E-state index is 0.0938. The molecule has 0 aliphatic rings. The average molecular weight is 257 g/mol. The SMILES string of the molecule is CNC(COc1ccccc1)c1ccccc1OC. The molecule has 100 valence electrons. The lowest BCUT2D eigenvalue weighted by Gasteiger charge is -2.19. The van der Waals surface area contributed by atoms with E-state index in [1.165, 1.54) is 0 Å². The molecule has 1 N–H and O–H groups in total. The van der Waals surface area contributed by atoms with Crippen molar-refractivity contribution in [3.63, 3.8) is 0 Å². The lowest BCUT2D eigenvalue weighted by Crippen LogP contribution is -2.23. The van der Waals surface area contributed by atoms with Gasteiger partial charge < -0.3 is 14.8 Å². The smallest absolute Gasteiger partial charge is 0.123 e. The summed E-state index contributed by atoms with van der Waals surface area (Å²) in [5.41, 5.74) is 1.10. The fourth-order valence-electron chi connectivity index (χ4n) is 1.98. The van der Waals surface area contributed by atoms with Crippen LogP contribution in [0.2, 0.25) is 0 Å². The van der Waals surface area contributed by atoms with Gasteiger partial charge in [0.25, 0.3) is 0 Å². The summed E-state index contributed by atoms with van der Waals surface area (Å²) in [5, 5.41) is 3.26. The molecule has 0 bridgehead atoms. The quantitative estimate of drug-likeness (QED) is 0.862. The second kappa shape index (κ2) is 6.81. The third-order valence-corrected chi connectivity index (χ3v) is 3.02. The van der Waals surface area contributed by atoms with Gasteiger partial charge in [-0.3, -0.25) is 0 Å². The highest BCUT2D eigenvalue weighted by Crippen LogP contribution is 2.25. The Morgan fingerprint density at radius 1 is 1.00 bits per heavy atom. The number of nitrogens with one attached hydrogen (secondary N) is 1. The maximum Gasteiger partial charge on any atom is 0.123 e. The largest absolute Gasteiger partial charge is 0.496 e. The minimum Gasteiger partial charge on any atom is -0.496 e. The van der Waals surface area contributed by atoms with Gasteiger partial charge in [-0.05, 0) is 25.2 Å². The predicted octanol–water partition coefficient (Wildman–Crippen LogP) is 3.03. The zero-order valence-corrected chi connectivity index (χ0v) is 11.3. The first-order valence-electron chi connectivity index (χ1n) is 6.33. The van der Waals surface area contributed by atoms with Crippen molar-refractivity contribution in [3.8, 4) is 11.5 Å². The highest BCUT2D eigenvalue weighted by Gasteiger charge is 2.14. The molecular formula is C16H19NO2. The van der Waals surface area contributed by atoms with Crippen LogP contribution in [0.25, 0.3) is 0 Å². The monoisotopic (exact) mass is 257 g/mol. The standard InChI is InChI=1S/C16H19NO2/c1-17-15(12-19-13-8-4-3-5-9-13)14-10-6-7-11-16(14)18-2/h3-11,15,17H,12H2,1-2H3. The molecule has 0 heterocycles. The summed E-state index contributed by atoms with van der Waals surface area (Å²) in [6.07, 6.45) is 0. The number of ether oxygens (including phenoxy) is 2. The van der Waals surface area contributed by atoms with Crippen LogP contribution in [0.15, 0.2) is 54.6 Å². The second-order valence-electron chi connectivity index (χ2n) is 4.21. The van der Waals surface area contributed by atoms with E-state index in [1.807, 2.05) is 61.6 Å². The number of hydrogen-bond acceptors (Lipinski definition) is 3. The molecule has 0 aromatic heterocycles. The zero-order valence-electron chi connectivity index (χ0n) is 11.3. The number of benzene rings is 2. The van der Waals surface area contributed by atoms with Gasteiger partial charge in [-0.15, -0.1) is 0 Å². The van der Waals surface area contributed by atoms with Gasteiger partial charge in [0.15, 0.2) is 0 Å². The molecule has 2 aromatic rings. The fraction of sp³-hybridized carbons (Fsp3) is 0.250. The lowest BCUT2D eigenvalue weighted by atomic mass is 10.1. The Hall–Kier alpha value is -2.00. The van der Waals surface area contributed by atoms with Crippen LogP contribution in [0.1, 0.15) is 11.6 Å². The Kier molecular flexibility index (Phi) is 4.81. The first-order chi connectivity index (χ1) is 9.35. The molecule has 0 amide bonds. The highest BCUT2D eigenvalue weighted by atomic mass is 16.5. The number of rotatable bonds is 6. The molecule has 0 fully saturated rings. The second-order valence-corrected chi connectivity index (χ2v) is 4.21. The first-order valence-corrected chi connectivity index (χ1v) is 6.33. The summed E-state index contributed by atoms with van der Waals surface area (Å²) in [4.78, 5) is 0. The molecule has 0 radical (unpaired) electrons. The van der Waals surface area contributed by atoms with Crippen molar-refractivity contribution in [1.29, 1.82) is 0 Å². The van der Waals surface area contributed by atoms with Gasteiger partial charge in [0.1, 0.15) is 18.1 Å². The van der Waals surface area contributed by atoms with E-state index in [-0.39, 0.29) is 6.04 Å². The molecule has 0 aliphatic heterocycles. The summed E-state index contributed by atoms with van der Waals surface area (Å²) < 4.78 is 11.2. The third kappa shape index (κ3) is 3.48. The molecule has 0 saturated carbocycles. The lowest BCUT2D eigenvalue weighted by molar-refractivity contribution is 0.269. The van der Waals surface area contributed by atoms with Gasteiger partial charge in [-0.25, -0.2) is 0 Å². The summed E-state index contributed by atoms with van der Waals surface area (Å²) in [6.45, 7) is 0.556. The van der Waals surface area contributed by atoms with E-state index in [4.69, 9.17) is 9.47 Å². The van der Waals surface area contributed by atoms with Crippen LogP contribution in [0.5, 0.6) is 11.5 Å².